The molecule has 0 spiro atoms. The summed E-state index contributed by atoms with van der Waals surface area (Å²) in [6, 6.07) is 31.2. The van der Waals surface area contributed by atoms with Gasteiger partial charge in [-0.05, 0) is 61.1 Å². The van der Waals surface area contributed by atoms with Crippen LogP contribution >= 0.6 is 0 Å². The largest absolute Gasteiger partial charge is 0.381 e. The van der Waals surface area contributed by atoms with E-state index in [1.54, 1.807) is 34.1 Å². The molecule has 49 heavy (non-hydrogen) atoms. The Morgan fingerprint density at radius 1 is 0.776 bits per heavy atom. The van der Waals surface area contributed by atoms with E-state index in [2.05, 4.69) is 41.5 Å². The first kappa shape index (κ1) is 31.3. The monoisotopic (exact) mass is 655 g/mol. The maximum Gasteiger partial charge on any atom is 0.262 e. The number of para-hydroxylation sites is 3. The highest BCUT2D eigenvalue weighted by molar-refractivity contribution is 6.15. The van der Waals surface area contributed by atoms with Crippen molar-refractivity contribution in [2.45, 2.75) is 69.5 Å². The molecule has 4 aromatic rings. The van der Waals surface area contributed by atoms with Crippen LogP contribution in [0.15, 0.2) is 103 Å². The zero-order valence-corrected chi connectivity index (χ0v) is 27.8. The lowest BCUT2D eigenvalue weighted by atomic mass is 9.84. The summed E-state index contributed by atoms with van der Waals surface area (Å²) in [7, 11) is 0. The van der Waals surface area contributed by atoms with Crippen LogP contribution in [0.1, 0.15) is 65.0 Å². The molecule has 1 saturated heterocycles. The minimum atomic E-state index is -1.56. The van der Waals surface area contributed by atoms with Crippen molar-refractivity contribution < 1.29 is 19.5 Å². The third-order valence-electron chi connectivity index (χ3n) is 10.6. The number of carbonyl (C=O) groups excluding carboxylic acids is 3. The molecule has 4 heterocycles. The second kappa shape index (κ2) is 12.2. The highest BCUT2D eigenvalue weighted by Gasteiger charge is 2.62. The third kappa shape index (κ3) is 5.11. The molecule has 250 valence electrons. The Morgan fingerprint density at radius 2 is 1.45 bits per heavy atom. The van der Waals surface area contributed by atoms with E-state index in [-0.39, 0.29) is 30.1 Å². The molecule has 3 N–H and O–H groups in total. The van der Waals surface area contributed by atoms with Crippen molar-refractivity contribution in [1.29, 1.82) is 0 Å². The van der Waals surface area contributed by atoms with Gasteiger partial charge in [0.05, 0.1) is 34.6 Å². The molecule has 5 atom stereocenters. The Balaban J connectivity index is 1.21. The van der Waals surface area contributed by atoms with Gasteiger partial charge in [-0.25, -0.2) is 0 Å². The molecule has 3 amide bonds. The number of rotatable bonds is 8. The number of nitrogens with one attached hydrogen (secondary N) is 2. The number of amides is 3. The van der Waals surface area contributed by atoms with Crippen molar-refractivity contribution in [3.8, 4) is 0 Å². The molecule has 4 aliphatic rings. The van der Waals surface area contributed by atoms with Crippen molar-refractivity contribution in [1.82, 2.24) is 10.2 Å². The van der Waals surface area contributed by atoms with Gasteiger partial charge in [-0.1, -0.05) is 86.6 Å². The topological polar surface area (TPSA) is 105 Å². The number of benzene rings is 4. The highest BCUT2D eigenvalue weighted by atomic mass is 16.3. The van der Waals surface area contributed by atoms with Gasteiger partial charge in [0.15, 0.2) is 0 Å². The molecular weight excluding hydrogens is 614 g/mol. The molecule has 8 rings (SSSR count). The number of anilines is 3. The number of aliphatic hydroxyl groups is 1. The number of hydrogen-bond acceptors (Lipinski definition) is 6. The van der Waals surface area contributed by atoms with E-state index in [0.717, 1.165) is 12.8 Å². The minimum absolute atomic E-state index is 0.0133. The molecule has 4 aromatic carbocycles. The van der Waals surface area contributed by atoms with Gasteiger partial charge in [-0.3, -0.25) is 29.1 Å². The van der Waals surface area contributed by atoms with Crippen LogP contribution in [-0.4, -0.2) is 58.7 Å². The summed E-state index contributed by atoms with van der Waals surface area (Å²) in [6.45, 7) is 4.85. The standard InChI is InChI=1S/C40H41N5O4/c1-25(2)23-34-38(48)45-33-21-11-8-18-29(33)40(49,39(45)43(34)22-12-15-26-13-4-3-5-14-26)24-31-35-41-30-19-9-6-16-27(30)37(47)44(35)32-20-10-7-17-28(32)36(46)42-31/h3-11,13-14,16-21,25,31,34-35,39,41,49H,12,15,22-24H2,1-2H3,(H,42,46)/t31-,34-,35?,39-,40-/m0/s1. The molecule has 0 bridgehead atoms. The first-order chi connectivity index (χ1) is 23.8. The molecule has 0 aromatic heterocycles. The summed E-state index contributed by atoms with van der Waals surface area (Å²) in [5, 5.41) is 20.0. The zero-order valence-electron chi connectivity index (χ0n) is 27.8. The highest BCUT2D eigenvalue weighted by Crippen LogP contribution is 2.52. The Labute approximate surface area is 286 Å². The summed E-state index contributed by atoms with van der Waals surface area (Å²) >= 11 is 0. The van der Waals surface area contributed by atoms with E-state index in [1.807, 2.05) is 66.7 Å². The van der Waals surface area contributed by atoms with Gasteiger partial charge in [-0.2, -0.15) is 0 Å². The predicted octanol–water partition coefficient (Wildman–Crippen LogP) is 5.51. The van der Waals surface area contributed by atoms with Crippen molar-refractivity contribution in [3.05, 3.63) is 125 Å². The van der Waals surface area contributed by atoms with Crippen LogP contribution in [0.2, 0.25) is 0 Å². The quantitative estimate of drug-likeness (QED) is 0.231. The summed E-state index contributed by atoms with van der Waals surface area (Å²) in [5.41, 5.74) is 3.09. The molecule has 1 unspecified atom stereocenters. The lowest BCUT2D eigenvalue weighted by molar-refractivity contribution is -0.120. The van der Waals surface area contributed by atoms with E-state index >= 15 is 0 Å². The smallest absolute Gasteiger partial charge is 0.262 e. The van der Waals surface area contributed by atoms with E-state index in [0.29, 0.717) is 46.7 Å². The average Bonchev–Trinajstić information content (AvgIpc) is 3.48. The first-order valence-corrected chi connectivity index (χ1v) is 17.3. The molecule has 9 heteroatoms. The number of nitrogens with zero attached hydrogens (tertiary/aromatic N) is 3. The van der Waals surface area contributed by atoms with Crippen molar-refractivity contribution in [3.63, 3.8) is 0 Å². The maximum absolute atomic E-state index is 14.4. The molecule has 0 aliphatic carbocycles. The number of aryl methyl sites for hydroxylation is 1. The Hall–Kier alpha value is -4.99. The van der Waals surface area contributed by atoms with Crippen LogP contribution in [0.5, 0.6) is 0 Å². The van der Waals surface area contributed by atoms with Gasteiger partial charge in [0.1, 0.15) is 17.9 Å². The molecular formula is C40H41N5O4. The van der Waals surface area contributed by atoms with Gasteiger partial charge in [0, 0.05) is 24.2 Å². The number of fused-ring (bicyclic) bond motifs is 7. The Kier molecular flexibility index (Phi) is 7.76. The van der Waals surface area contributed by atoms with Gasteiger partial charge in [0.25, 0.3) is 11.8 Å². The average molecular weight is 656 g/mol. The zero-order chi connectivity index (χ0) is 33.9. The van der Waals surface area contributed by atoms with Crippen molar-refractivity contribution in [2.75, 3.05) is 21.7 Å². The second-order valence-electron chi connectivity index (χ2n) is 14.1. The van der Waals surface area contributed by atoms with Crippen LogP contribution in [0.4, 0.5) is 17.1 Å². The van der Waals surface area contributed by atoms with Crippen LogP contribution in [-0.2, 0) is 16.8 Å². The molecule has 0 radical (unpaired) electrons. The van der Waals surface area contributed by atoms with Gasteiger partial charge in [0.2, 0.25) is 5.91 Å². The lowest BCUT2D eigenvalue weighted by Gasteiger charge is -2.44. The predicted molar refractivity (Wildman–Crippen MR) is 189 cm³/mol. The normalized spacial score (nSPS) is 25.6. The summed E-state index contributed by atoms with van der Waals surface area (Å²) < 4.78 is 0. The summed E-state index contributed by atoms with van der Waals surface area (Å²) in [4.78, 5) is 48.2. The molecule has 4 aliphatic heterocycles. The SMILES string of the molecule is CC(C)C[C@H]1C(=O)N2c3ccccc3[C@@](O)(C[C@@H]3NC(=O)c4ccccc4N4C(=O)c5ccccc5NC34)[C@H]2N1CCCc1ccccc1. The van der Waals surface area contributed by atoms with Gasteiger partial charge in [-0.15, -0.1) is 0 Å². The fourth-order valence-electron chi connectivity index (χ4n) is 8.47. The van der Waals surface area contributed by atoms with Gasteiger partial charge < -0.3 is 15.7 Å². The second-order valence-corrected chi connectivity index (χ2v) is 14.1. The van der Waals surface area contributed by atoms with E-state index < -0.39 is 30.0 Å². The lowest BCUT2D eigenvalue weighted by Crippen LogP contribution is -2.62. The van der Waals surface area contributed by atoms with Crippen LogP contribution in [0.3, 0.4) is 0 Å². The van der Waals surface area contributed by atoms with Crippen LogP contribution < -0.4 is 20.4 Å². The third-order valence-corrected chi connectivity index (χ3v) is 10.6. The van der Waals surface area contributed by atoms with Crippen LogP contribution in [0.25, 0.3) is 0 Å². The van der Waals surface area contributed by atoms with Crippen molar-refractivity contribution in [2.24, 2.45) is 5.92 Å². The molecule has 1 fully saturated rings. The fourth-order valence-corrected chi connectivity index (χ4v) is 8.47. The summed E-state index contributed by atoms with van der Waals surface area (Å²) in [6.07, 6.45) is 0.994. The number of carbonyl (C=O) groups is 3. The first-order valence-electron chi connectivity index (χ1n) is 17.3. The fraction of sp³-hybridized carbons (Fsp3) is 0.325. The molecule has 9 nitrogen and oxygen atoms in total. The van der Waals surface area contributed by atoms with E-state index in [1.165, 1.54) is 5.56 Å². The van der Waals surface area contributed by atoms with Gasteiger partial charge >= 0.3 is 0 Å². The maximum atomic E-state index is 14.4. The number of hydrogen-bond donors (Lipinski definition) is 3. The Bertz CT molecular complexity index is 1930. The van der Waals surface area contributed by atoms with E-state index in [9.17, 15) is 19.5 Å². The Morgan fingerprint density at radius 3 is 2.22 bits per heavy atom. The van der Waals surface area contributed by atoms with Crippen molar-refractivity contribution >= 4 is 34.8 Å². The van der Waals surface area contributed by atoms with Crippen LogP contribution in [0, 0.1) is 5.92 Å². The molecule has 0 saturated carbocycles. The van der Waals surface area contributed by atoms with E-state index in [4.69, 9.17) is 0 Å². The summed E-state index contributed by atoms with van der Waals surface area (Å²) in [5.74, 6) is -0.287. The minimum Gasteiger partial charge on any atom is -0.381 e.